The first-order valence-electron chi connectivity index (χ1n) is 9.52. The number of rotatable bonds is 8. The molecule has 3 aromatic rings. The van der Waals surface area contributed by atoms with E-state index in [2.05, 4.69) is 10.2 Å². The van der Waals surface area contributed by atoms with Crippen molar-refractivity contribution in [2.45, 2.75) is 31.2 Å². The number of benzene rings is 2. The van der Waals surface area contributed by atoms with Crippen LogP contribution in [-0.4, -0.2) is 39.2 Å². The van der Waals surface area contributed by atoms with Crippen LogP contribution in [0, 0.1) is 0 Å². The number of amides is 1. The monoisotopic (exact) mass is 411 g/mol. The molecule has 1 aromatic heterocycles. The minimum absolute atomic E-state index is 0.00526. The highest BCUT2D eigenvalue weighted by Gasteiger charge is 2.24. The third-order valence-electron chi connectivity index (χ3n) is 4.37. The summed E-state index contributed by atoms with van der Waals surface area (Å²) in [5.41, 5.74) is 1.70. The highest BCUT2D eigenvalue weighted by molar-refractivity contribution is 8.00. The molecule has 8 heteroatoms. The lowest BCUT2D eigenvalue weighted by molar-refractivity contribution is -0.117. The van der Waals surface area contributed by atoms with E-state index >= 15 is 0 Å². The maximum absolute atomic E-state index is 13.0. The number of anilines is 1. The van der Waals surface area contributed by atoms with Gasteiger partial charge in [-0.2, -0.15) is 0 Å². The van der Waals surface area contributed by atoms with Gasteiger partial charge < -0.3 is 15.5 Å². The molecule has 2 N–H and O–H groups in total. The zero-order valence-electron chi connectivity index (χ0n) is 16.8. The van der Waals surface area contributed by atoms with Gasteiger partial charge in [0.15, 0.2) is 5.82 Å². The van der Waals surface area contributed by atoms with Crippen LogP contribution >= 0.6 is 11.8 Å². The van der Waals surface area contributed by atoms with E-state index in [1.165, 1.54) is 16.4 Å². The molecule has 1 atom stereocenters. The number of carbonyl (C=O) groups excluding carboxylic acids is 1. The minimum Gasteiger partial charge on any atom is -0.494 e. The van der Waals surface area contributed by atoms with E-state index in [1.807, 2.05) is 75.4 Å². The number of hydrogen-bond donors (Lipinski definition) is 1. The van der Waals surface area contributed by atoms with Gasteiger partial charge in [0.25, 0.3) is 0 Å². The smallest absolute Gasteiger partial charge is 0.240 e. The van der Waals surface area contributed by atoms with Crippen molar-refractivity contribution in [3.05, 3.63) is 54.6 Å². The predicted octanol–water partition coefficient (Wildman–Crippen LogP) is 3.59. The number of nitrogens with two attached hydrogens (primary N) is 1. The molecule has 1 heterocycles. The van der Waals surface area contributed by atoms with Crippen molar-refractivity contribution in [2.75, 3.05) is 23.9 Å². The summed E-state index contributed by atoms with van der Waals surface area (Å²) in [5.74, 6) is 7.53. The van der Waals surface area contributed by atoms with Crippen molar-refractivity contribution >= 4 is 23.4 Å². The van der Waals surface area contributed by atoms with Crippen molar-refractivity contribution in [3.63, 3.8) is 0 Å². The Hall–Kier alpha value is -3.00. The first kappa shape index (κ1) is 20.7. The van der Waals surface area contributed by atoms with Gasteiger partial charge in [0.2, 0.25) is 11.1 Å². The lowest BCUT2D eigenvalue weighted by atomic mass is 10.2. The molecular formula is C21H25N5O2S. The number of carbonyl (C=O) groups is 1. The molecule has 2 aromatic carbocycles. The fraction of sp³-hybridized carbons (Fsp3) is 0.286. The normalized spacial score (nSPS) is 11.8. The van der Waals surface area contributed by atoms with Gasteiger partial charge in [0.05, 0.1) is 11.9 Å². The first-order chi connectivity index (χ1) is 14.0. The van der Waals surface area contributed by atoms with Crippen LogP contribution in [0.25, 0.3) is 11.4 Å². The summed E-state index contributed by atoms with van der Waals surface area (Å²) in [5, 5.41) is 8.50. The number of thioether (sulfide) groups is 1. The van der Waals surface area contributed by atoms with Crippen LogP contribution in [0.15, 0.2) is 59.8 Å². The Morgan fingerprint density at radius 3 is 2.45 bits per heavy atom. The van der Waals surface area contributed by atoms with E-state index in [0.29, 0.717) is 24.1 Å². The average molecular weight is 412 g/mol. The van der Waals surface area contributed by atoms with Crippen LogP contribution in [0.4, 0.5) is 5.69 Å². The number of hydrogen-bond acceptors (Lipinski definition) is 6. The fourth-order valence-corrected chi connectivity index (χ4v) is 3.76. The van der Waals surface area contributed by atoms with E-state index in [1.54, 1.807) is 4.90 Å². The van der Waals surface area contributed by atoms with Crippen LogP contribution in [0.5, 0.6) is 5.75 Å². The molecule has 3 rings (SSSR count). The van der Waals surface area contributed by atoms with Crippen LogP contribution in [0.1, 0.15) is 20.8 Å². The van der Waals surface area contributed by atoms with Crippen molar-refractivity contribution in [3.8, 4) is 17.1 Å². The second-order valence-electron chi connectivity index (χ2n) is 6.31. The number of nitrogen functional groups attached to an aromatic ring is 1. The van der Waals surface area contributed by atoms with E-state index in [-0.39, 0.29) is 11.2 Å². The lowest BCUT2D eigenvalue weighted by Crippen LogP contribution is -2.36. The highest BCUT2D eigenvalue weighted by atomic mass is 32.2. The lowest BCUT2D eigenvalue weighted by Gasteiger charge is -2.24. The molecule has 1 amide bonds. The Kier molecular flexibility index (Phi) is 6.77. The molecule has 0 unspecified atom stereocenters. The van der Waals surface area contributed by atoms with Gasteiger partial charge in [-0.05, 0) is 57.2 Å². The molecule has 152 valence electrons. The van der Waals surface area contributed by atoms with Gasteiger partial charge >= 0.3 is 0 Å². The third kappa shape index (κ3) is 4.71. The second kappa shape index (κ2) is 9.47. The number of aromatic nitrogens is 3. The Labute approximate surface area is 174 Å². The molecule has 0 aliphatic rings. The third-order valence-corrected chi connectivity index (χ3v) is 5.41. The minimum atomic E-state index is -0.366. The molecule has 0 radical (unpaired) electrons. The second-order valence-corrected chi connectivity index (χ2v) is 7.62. The maximum Gasteiger partial charge on any atom is 0.240 e. The van der Waals surface area contributed by atoms with Crippen molar-refractivity contribution < 1.29 is 9.53 Å². The summed E-state index contributed by atoms with van der Waals surface area (Å²) in [7, 11) is 0. The number of para-hydroxylation sites is 1. The summed E-state index contributed by atoms with van der Waals surface area (Å²) >= 11 is 1.29. The SMILES string of the molecule is CCOc1ccc(-c2nnc(S[C@H](C)C(=O)N(CC)c3ccccc3)n2N)cc1. The molecule has 0 saturated heterocycles. The van der Waals surface area contributed by atoms with Crippen molar-refractivity contribution in [1.29, 1.82) is 0 Å². The quantitative estimate of drug-likeness (QED) is 0.450. The summed E-state index contributed by atoms with van der Waals surface area (Å²) in [6.45, 7) is 6.94. The molecule has 0 saturated carbocycles. The van der Waals surface area contributed by atoms with E-state index < -0.39 is 0 Å². The molecule has 0 aliphatic carbocycles. The average Bonchev–Trinajstić information content (AvgIpc) is 3.10. The largest absolute Gasteiger partial charge is 0.494 e. The summed E-state index contributed by atoms with van der Waals surface area (Å²) in [4.78, 5) is 14.7. The molecule has 29 heavy (non-hydrogen) atoms. The molecule has 7 nitrogen and oxygen atoms in total. The maximum atomic E-state index is 13.0. The topological polar surface area (TPSA) is 86.3 Å². The van der Waals surface area contributed by atoms with Crippen LogP contribution in [0.2, 0.25) is 0 Å². The van der Waals surface area contributed by atoms with Gasteiger partial charge in [-0.3, -0.25) is 4.79 Å². The molecule has 0 spiro atoms. The number of ether oxygens (including phenoxy) is 1. The Balaban J connectivity index is 1.74. The van der Waals surface area contributed by atoms with Gasteiger partial charge in [-0.25, -0.2) is 4.68 Å². The highest BCUT2D eigenvalue weighted by Crippen LogP contribution is 2.27. The van der Waals surface area contributed by atoms with Crippen LogP contribution < -0.4 is 15.5 Å². The van der Waals surface area contributed by atoms with E-state index in [4.69, 9.17) is 10.6 Å². The van der Waals surface area contributed by atoms with Crippen molar-refractivity contribution in [1.82, 2.24) is 14.9 Å². The predicted molar refractivity (Wildman–Crippen MR) is 117 cm³/mol. The Morgan fingerprint density at radius 1 is 1.14 bits per heavy atom. The van der Waals surface area contributed by atoms with Crippen LogP contribution in [-0.2, 0) is 4.79 Å². The molecule has 0 fully saturated rings. The van der Waals surface area contributed by atoms with Gasteiger partial charge in [-0.1, -0.05) is 30.0 Å². The van der Waals surface area contributed by atoms with Crippen molar-refractivity contribution in [2.24, 2.45) is 0 Å². The van der Waals surface area contributed by atoms with E-state index in [0.717, 1.165) is 17.0 Å². The summed E-state index contributed by atoms with van der Waals surface area (Å²) in [6.07, 6.45) is 0. The van der Waals surface area contributed by atoms with Gasteiger partial charge in [-0.15, -0.1) is 10.2 Å². The Morgan fingerprint density at radius 2 is 1.83 bits per heavy atom. The van der Waals surface area contributed by atoms with Gasteiger partial charge in [0, 0.05) is 17.8 Å². The molecular weight excluding hydrogens is 386 g/mol. The Bertz CT molecular complexity index is 943. The first-order valence-corrected chi connectivity index (χ1v) is 10.4. The molecule has 0 bridgehead atoms. The molecule has 0 aliphatic heterocycles. The summed E-state index contributed by atoms with van der Waals surface area (Å²) < 4.78 is 6.88. The fourth-order valence-electron chi connectivity index (χ4n) is 2.92. The zero-order valence-corrected chi connectivity index (χ0v) is 17.6. The standard InChI is InChI=1S/C21H25N5O2S/c1-4-25(17-9-7-6-8-10-17)20(27)15(3)29-21-24-23-19(26(21)22)16-11-13-18(14-12-16)28-5-2/h6-15H,4-5,22H2,1-3H3/t15-/m1/s1. The summed E-state index contributed by atoms with van der Waals surface area (Å²) in [6, 6.07) is 17.1. The number of nitrogens with zero attached hydrogens (tertiary/aromatic N) is 4. The van der Waals surface area contributed by atoms with E-state index in [9.17, 15) is 4.79 Å². The van der Waals surface area contributed by atoms with Crippen LogP contribution in [0.3, 0.4) is 0 Å². The zero-order chi connectivity index (χ0) is 20.8. The van der Waals surface area contributed by atoms with Gasteiger partial charge in [0.1, 0.15) is 5.75 Å².